The van der Waals surface area contributed by atoms with Crippen LogP contribution in [0, 0.1) is 5.82 Å². The minimum Gasteiger partial charge on any atom is -0.476 e. The Morgan fingerprint density at radius 2 is 2.36 bits per heavy atom. The van der Waals surface area contributed by atoms with E-state index in [-0.39, 0.29) is 12.3 Å². The van der Waals surface area contributed by atoms with E-state index in [0.29, 0.717) is 6.61 Å². The number of ether oxygens (including phenoxy) is 1. The van der Waals surface area contributed by atoms with Gasteiger partial charge in [0.1, 0.15) is 12.0 Å². The molecule has 1 heterocycles. The van der Waals surface area contributed by atoms with Crippen LogP contribution in [0.5, 0.6) is 0 Å². The number of hydrogen-bond donors (Lipinski definition) is 1. The molecule has 0 saturated heterocycles. The van der Waals surface area contributed by atoms with E-state index in [4.69, 9.17) is 9.84 Å². The van der Waals surface area contributed by atoms with Crippen molar-refractivity contribution in [3.63, 3.8) is 0 Å². The summed E-state index contributed by atoms with van der Waals surface area (Å²) in [6.07, 6.45) is 1.00. The van der Waals surface area contributed by atoms with Gasteiger partial charge >= 0.3 is 5.97 Å². The number of carboxylic acid groups (broad SMARTS) is 1. The second-order valence-electron chi connectivity index (χ2n) is 2.43. The molecule has 6 heteroatoms. The second kappa shape index (κ2) is 4.61. The number of aromatic carboxylic acids is 1. The minimum atomic E-state index is -1.41. The Bertz CT molecular complexity index is 343. The molecule has 0 unspecified atom stereocenters. The van der Waals surface area contributed by atoms with Crippen molar-refractivity contribution in [2.75, 3.05) is 6.61 Å². The Kier molecular flexibility index (Phi) is 3.47. The molecule has 5 nitrogen and oxygen atoms in total. The summed E-state index contributed by atoms with van der Waals surface area (Å²) in [4.78, 5) is 17.4. The fourth-order valence-corrected chi connectivity index (χ4v) is 0.855. The van der Waals surface area contributed by atoms with Crippen molar-refractivity contribution in [2.24, 2.45) is 0 Å². The van der Waals surface area contributed by atoms with Gasteiger partial charge in [0.2, 0.25) is 0 Å². The number of carbonyl (C=O) groups is 1. The van der Waals surface area contributed by atoms with E-state index in [1.54, 1.807) is 6.92 Å². The SMILES string of the molecule is CCOCc1ncnc(C(=O)O)c1F. The van der Waals surface area contributed by atoms with Crippen LogP contribution in [0.3, 0.4) is 0 Å². The van der Waals surface area contributed by atoms with E-state index in [0.717, 1.165) is 6.33 Å². The summed E-state index contributed by atoms with van der Waals surface area (Å²) in [5.41, 5.74) is -0.672. The maximum atomic E-state index is 13.3. The zero-order valence-corrected chi connectivity index (χ0v) is 7.53. The van der Waals surface area contributed by atoms with Crippen molar-refractivity contribution in [2.45, 2.75) is 13.5 Å². The van der Waals surface area contributed by atoms with Gasteiger partial charge in [-0.15, -0.1) is 0 Å². The van der Waals surface area contributed by atoms with Crippen LogP contribution in [-0.4, -0.2) is 27.7 Å². The van der Waals surface area contributed by atoms with E-state index in [2.05, 4.69) is 9.97 Å². The van der Waals surface area contributed by atoms with Gasteiger partial charge in [0.15, 0.2) is 11.5 Å². The molecule has 0 radical (unpaired) electrons. The molecular formula is C8H9FN2O3. The van der Waals surface area contributed by atoms with Gasteiger partial charge in [-0.3, -0.25) is 0 Å². The summed E-state index contributed by atoms with van der Waals surface area (Å²) in [6, 6.07) is 0. The Morgan fingerprint density at radius 1 is 1.64 bits per heavy atom. The highest BCUT2D eigenvalue weighted by molar-refractivity contribution is 5.85. The van der Waals surface area contributed by atoms with Crippen molar-refractivity contribution < 1.29 is 19.0 Å². The Hall–Kier alpha value is -1.56. The van der Waals surface area contributed by atoms with Crippen LogP contribution < -0.4 is 0 Å². The third-order valence-corrected chi connectivity index (χ3v) is 1.51. The molecule has 0 atom stereocenters. The van der Waals surface area contributed by atoms with Gasteiger partial charge in [-0.25, -0.2) is 19.2 Å². The normalized spacial score (nSPS) is 10.1. The predicted molar refractivity (Wildman–Crippen MR) is 44.3 cm³/mol. The van der Waals surface area contributed by atoms with Gasteiger partial charge in [0.05, 0.1) is 6.61 Å². The maximum absolute atomic E-state index is 13.3. The van der Waals surface area contributed by atoms with Crippen molar-refractivity contribution >= 4 is 5.97 Å². The third kappa shape index (κ3) is 2.23. The smallest absolute Gasteiger partial charge is 0.357 e. The maximum Gasteiger partial charge on any atom is 0.357 e. The lowest BCUT2D eigenvalue weighted by Gasteiger charge is -2.03. The molecule has 1 aromatic rings. The molecule has 1 aromatic heterocycles. The molecule has 14 heavy (non-hydrogen) atoms. The van der Waals surface area contributed by atoms with Crippen molar-refractivity contribution in [1.29, 1.82) is 0 Å². The fourth-order valence-electron chi connectivity index (χ4n) is 0.855. The van der Waals surface area contributed by atoms with Crippen LogP contribution in [-0.2, 0) is 11.3 Å². The highest BCUT2D eigenvalue weighted by Crippen LogP contribution is 2.08. The number of aromatic nitrogens is 2. The lowest BCUT2D eigenvalue weighted by molar-refractivity contribution is 0.0682. The summed E-state index contributed by atoms with van der Waals surface area (Å²) in [5, 5.41) is 8.54. The zero-order chi connectivity index (χ0) is 10.6. The summed E-state index contributed by atoms with van der Waals surface area (Å²) >= 11 is 0. The number of nitrogens with zero attached hydrogens (tertiary/aromatic N) is 2. The van der Waals surface area contributed by atoms with Gasteiger partial charge in [-0.1, -0.05) is 0 Å². The third-order valence-electron chi connectivity index (χ3n) is 1.51. The first-order valence-electron chi connectivity index (χ1n) is 3.97. The van der Waals surface area contributed by atoms with Gasteiger partial charge in [0.25, 0.3) is 0 Å². The molecule has 0 fully saturated rings. The summed E-state index contributed by atoms with van der Waals surface area (Å²) in [5.74, 6) is -2.35. The van der Waals surface area contributed by atoms with Crippen LogP contribution in [0.25, 0.3) is 0 Å². The molecule has 1 rings (SSSR count). The molecule has 76 valence electrons. The van der Waals surface area contributed by atoms with Crippen LogP contribution in [0.15, 0.2) is 6.33 Å². The average Bonchev–Trinajstić information content (AvgIpc) is 2.16. The Labute approximate surface area is 79.6 Å². The van der Waals surface area contributed by atoms with E-state index in [1.807, 2.05) is 0 Å². The predicted octanol–water partition coefficient (Wildman–Crippen LogP) is 0.850. The second-order valence-corrected chi connectivity index (χ2v) is 2.43. The molecule has 0 spiro atoms. The van der Waals surface area contributed by atoms with Crippen molar-refractivity contribution in [3.05, 3.63) is 23.5 Å². The first-order valence-corrected chi connectivity index (χ1v) is 3.97. The van der Waals surface area contributed by atoms with E-state index in [9.17, 15) is 9.18 Å². The summed E-state index contributed by atoms with van der Waals surface area (Å²) < 4.78 is 18.2. The Morgan fingerprint density at radius 3 is 2.93 bits per heavy atom. The number of halogens is 1. The molecule has 0 amide bonds. The van der Waals surface area contributed by atoms with Crippen LogP contribution in [0.1, 0.15) is 23.1 Å². The lowest BCUT2D eigenvalue weighted by Crippen LogP contribution is -2.09. The van der Waals surface area contributed by atoms with Gasteiger partial charge < -0.3 is 9.84 Å². The molecular weight excluding hydrogens is 191 g/mol. The molecule has 1 N–H and O–H groups in total. The van der Waals surface area contributed by atoms with Crippen LogP contribution in [0.2, 0.25) is 0 Å². The molecule has 0 aromatic carbocycles. The van der Waals surface area contributed by atoms with Gasteiger partial charge in [0, 0.05) is 6.61 Å². The molecule has 0 aliphatic heterocycles. The number of carboxylic acids is 1. The molecule has 0 saturated carbocycles. The first kappa shape index (κ1) is 10.5. The average molecular weight is 200 g/mol. The van der Waals surface area contributed by atoms with Crippen molar-refractivity contribution in [3.8, 4) is 0 Å². The topological polar surface area (TPSA) is 72.3 Å². The highest BCUT2D eigenvalue weighted by Gasteiger charge is 2.16. The van der Waals surface area contributed by atoms with E-state index >= 15 is 0 Å². The molecule has 0 bridgehead atoms. The van der Waals surface area contributed by atoms with Crippen LogP contribution in [0.4, 0.5) is 4.39 Å². The van der Waals surface area contributed by atoms with E-state index in [1.165, 1.54) is 0 Å². The summed E-state index contributed by atoms with van der Waals surface area (Å²) in [7, 11) is 0. The zero-order valence-electron chi connectivity index (χ0n) is 7.53. The van der Waals surface area contributed by atoms with Crippen molar-refractivity contribution in [1.82, 2.24) is 9.97 Å². The quantitative estimate of drug-likeness (QED) is 0.780. The molecule has 0 aliphatic carbocycles. The van der Waals surface area contributed by atoms with E-state index < -0.39 is 17.5 Å². The summed E-state index contributed by atoms with van der Waals surface area (Å²) in [6.45, 7) is 2.11. The standard InChI is InChI=1S/C8H9FN2O3/c1-2-14-3-5-6(9)7(8(12)13)11-4-10-5/h4H,2-3H2,1H3,(H,12,13). The number of rotatable bonds is 4. The van der Waals surface area contributed by atoms with Gasteiger partial charge in [-0.05, 0) is 6.92 Å². The fraction of sp³-hybridized carbons (Fsp3) is 0.375. The van der Waals surface area contributed by atoms with Crippen LogP contribution >= 0.6 is 0 Å². The number of hydrogen-bond acceptors (Lipinski definition) is 4. The monoisotopic (exact) mass is 200 g/mol. The minimum absolute atomic E-state index is 0.0424. The lowest BCUT2D eigenvalue weighted by atomic mass is 10.3. The first-order chi connectivity index (χ1) is 6.66. The van der Waals surface area contributed by atoms with Gasteiger partial charge in [-0.2, -0.15) is 0 Å². The highest BCUT2D eigenvalue weighted by atomic mass is 19.1. The molecule has 0 aliphatic rings. The largest absolute Gasteiger partial charge is 0.476 e. The Balaban J connectivity index is 2.95.